The number of H-pyrrole nitrogens is 1. The Morgan fingerprint density at radius 1 is 1.07 bits per heavy atom. The van der Waals surface area contributed by atoms with Crippen LogP contribution in [0.4, 0.5) is 0 Å². The third-order valence-corrected chi connectivity index (χ3v) is 20.1. The summed E-state index contributed by atoms with van der Waals surface area (Å²) in [7, 11) is -2.22. The maximum atomic E-state index is 13.6. The van der Waals surface area contributed by atoms with Crippen LogP contribution in [-0.4, -0.2) is 81.7 Å². The number of carbonyl (C=O) groups is 1. The van der Waals surface area contributed by atoms with Gasteiger partial charge in [-0.15, -0.1) is 27.8 Å². The van der Waals surface area contributed by atoms with E-state index in [1.165, 1.54) is 45.4 Å². The van der Waals surface area contributed by atoms with Gasteiger partial charge in [-0.3, -0.25) is 4.79 Å². The minimum atomic E-state index is -2.22. The fourth-order valence-corrected chi connectivity index (χ4v) is 12.2. The standard InChI is InChI=1S/C45H55BrN6O6S2Si/c1-44(2,3)61(4,5)58-36(31-12-14-35(53)41-32(31)13-17-40(54)48-41)27-47-26-28-25-34-42(33-10-6-9-30(28)33)52(50-49-34)21-8-20-51-22-18-29(19-23-51)57-43(55)45(56,37-11-7-24-59-37)38-15-16-39(46)60-38/h7,11-17,24-25,29,36,47,53,56H,6,8-10,18-23,26-27H2,1-5H3,(H,48,54)/t36-,45-/m0/s1. The number of aromatic amines is 1. The largest absolute Gasteiger partial charge is 0.506 e. The number of phenolic OH excluding ortho intramolecular Hbond substituents is 1. The molecule has 4 aromatic heterocycles. The molecule has 5 heterocycles. The fraction of sp³-hybridized carbons (Fsp3) is 0.467. The van der Waals surface area contributed by atoms with Crippen LogP contribution in [0.3, 0.4) is 0 Å². The van der Waals surface area contributed by atoms with Gasteiger partial charge in [-0.2, -0.15) is 0 Å². The number of rotatable bonds is 15. The van der Waals surface area contributed by atoms with Crippen molar-refractivity contribution >= 4 is 74.8 Å². The Balaban J connectivity index is 0.896. The zero-order valence-corrected chi connectivity index (χ0v) is 39.6. The molecule has 2 aromatic carbocycles. The van der Waals surface area contributed by atoms with Crippen molar-refractivity contribution in [2.45, 2.75) is 108 Å². The molecule has 1 saturated heterocycles. The zero-order valence-electron chi connectivity index (χ0n) is 35.4. The molecule has 0 bridgehead atoms. The van der Waals surface area contributed by atoms with Crippen LogP contribution in [0.15, 0.2) is 68.6 Å². The maximum absolute atomic E-state index is 13.6. The highest BCUT2D eigenvalue weighted by atomic mass is 79.9. The van der Waals surface area contributed by atoms with Gasteiger partial charge in [0.2, 0.25) is 11.2 Å². The number of piperidine rings is 1. The van der Waals surface area contributed by atoms with Crippen LogP contribution in [0.5, 0.6) is 5.75 Å². The zero-order chi connectivity index (χ0) is 43.1. The molecule has 61 heavy (non-hydrogen) atoms. The number of pyridine rings is 1. The number of aryl methyl sites for hydroxylation is 2. The SMILES string of the molecule is CC(C)(C)[Si](C)(C)O[C@@H](CNCc1cc2nnn(CCCN3CCC(OC(=O)[C@](O)(c4cccs4)c4ccc(Br)s4)CC3)c2c2c1CCC2)c1ccc(O)c2[nH]c(=O)ccc12. The van der Waals surface area contributed by atoms with Gasteiger partial charge in [0.25, 0.3) is 0 Å². The molecule has 4 N–H and O–H groups in total. The highest BCUT2D eigenvalue weighted by Crippen LogP contribution is 2.42. The molecule has 0 saturated carbocycles. The number of hydrogen-bond acceptors (Lipinski definition) is 12. The number of carbonyl (C=O) groups excluding carboxylic acids is 1. The summed E-state index contributed by atoms with van der Waals surface area (Å²) in [5, 5.41) is 38.0. The summed E-state index contributed by atoms with van der Waals surface area (Å²) < 4.78 is 16.0. The normalized spacial score (nSPS) is 16.9. The molecular formula is C45H55BrN6O6S2Si. The lowest BCUT2D eigenvalue weighted by atomic mass is 9.99. The molecule has 1 aliphatic heterocycles. The molecule has 0 radical (unpaired) electrons. The number of ether oxygens (including phenoxy) is 1. The third kappa shape index (κ3) is 9.05. The van der Waals surface area contributed by atoms with Crippen molar-refractivity contribution in [3.63, 3.8) is 0 Å². The first-order valence-electron chi connectivity index (χ1n) is 21.2. The van der Waals surface area contributed by atoms with Crippen LogP contribution in [0.1, 0.15) is 84.6 Å². The number of fused-ring (bicyclic) bond motifs is 4. The Bertz CT molecular complexity index is 2580. The number of nitrogens with zero attached hydrogens (tertiary/aromatic N) is 4. The minimum absolute atomic E-state index is 0.0141. The summed E-state index contributed by atoms with van der Waals surface area (Å²) in [4.78, 5) is 32.1. The van der Waals surface area contributed by atoms with E-state index in [0.717, 1.165) is 77.6 Å². The van der Waals surface area contributed by atoms with Crippen molar-refractivity contribution in [1.82, 2.24) is 30.2 Å². The first-order valence-corrected chi connectivity index (χ1v) is 26.6. The predicted octanol–water partition coefficient (Wildman–Crippen LogP) is 8.54. The highest BCUT2D eigenvalue weighted by Gasteiger charge is 2.45. The number of hydrogen-bond donors (Lipinski definition) is 4. The number of phenols is 1. The molecule has 0 unspecified atom stereocenters. The number of thiophene rings is 2. The summed E-state index contributed by atoms with van der Waals surface area (Å²) >= 11 is 6.15. The Labute approximate surface area is 373 Å². The van der Waals surface area contributed by atoms with Gasteiger partial charge in [0, 0.05) is 44.2 Å². The van der Waals surface area contributed by atoms with E-state index in [0.29, 0.717) is 41.2 Å². The van der Waals surface area contributed by atoms with Gasteiger partial charge in [-0.1, -0.05) is 38.1 Å². The molecular weight excluding hydrogens is 893 g/mol. The van der Waals surface area contributed by atoms with E-state index in [1.807, 2.05) is 23.6 Å². The Hall–Kier alpha value is -3.74. The quantitative estimate of drug-likeness (QED) is 0.0582. The predicted molar refractivity (Wildman–Crippen MR) is 248 cm³/mol. The van der Waals surface area contributed by atoms with Crippen LogP contribution in [-0.2, 0) is 45.5 Å². The topological polar surface area (TPSA) is 155 Å². The van der Waals surface area contributed by atoms with Crippen molar-refractivity contribution in [2.24, 2.45) is 0 Å². The molecule has 0 amide bonds. The molecule has 1 aliphatic carbocycles. The van der Waals surface area contributed by atoms with Crippen molar-refractivity contribution < 1.29 is 24.2 Å². The van der Waals surface area contributed by atoms with Crippen LogP contribution in [0.25, 0.3) is 21.9 Å². The second-order valence-electron chi connectivity index (χ2n) is 17.9. The van der Waals surface area contributed by atoms with Crippen LogP contribution in [0.2, 0.25) is 18.1 Å². The number of aromatic nitrogens is 4. The number of benzene rings is 2. The van der Waals surface area contributed by atoms with E-state index >= 15 is 0 Å². The summed E-state index contributed by atoms with van der Waals surface area (Å²) in [6, 6.07) is 16.3. The Kier molecular flexibility index (Phi) is 12.8. The lowest BCUT2D eigenvalue weighted by Crippen LogP contribution is -2.43. The van der Waals surface area contributed by atoms with E-state index in [2.05, 4.69) is 86.1 Å². The van der Waals surface area contributed by atoms with Gasteiger partial charge in [-0.05, 0) is 143 Å². The van der Waals surface area contributed by atoms with Crippen LogP contribution in [0, 0.1) is 0 Å². The van der Waals surface area contributed by atoms with Gasteiger partial charge in [0.05, 0.1) is 30.7 Å². The molecule has 0 spiro atoms. The van der Waals surface area contributed by atoms with Gasteiger partial charge >= 0.3 is 5.97 Å². The lowest BCUT2D eigenvalue weighted by Gasteiger charge is -2.39. The van der Waals surface area contributed by atoms with Gasteiger partial charge < -0.3 is 34.6 Å². The van der Waals surface area contributed by atoms with Gasteiger partial charge in [0.15, 0.2) is 8.32 Å². The summed E-state index contributed by atoms with van der Waals surface area (Å²) in [6.45, 7) is 15.7. The second-order valence-corrected chi connectivity index (χ2v) is 26.1. The molecule has 6 aromatic rings. The van der Waals surface area contributed by atoms with E-state index in [-0.39, 0.29) is 28.6 Å². The van der Waals surface area contributed by atoms with Crippen molar-refractivity contribution in [3.05, 3.63) is 106 Å². The summed E-state index contributed by atoms with van der Waals surface area (Å²) in [5.41, 5.74) is 5.29. The van der Waals surface area contributed by atoms with Crippen LogP contribution >= 0.6 is 38.6 Å². The van der Waals surface area contributed by atoms with E-state index in [9.17, 15) is 19.8 Å². The first-order chi connectivity index (χ1) is 29.1. The Morgan fingerprint density at radius 2 is 1.85 bits per heavy atom. The monoisotopic (exact) mass is 946 g/mol. The molecule has 2 aliphatic rings. The maximum Gasteiger partial charge on any atom is 0.349 e. The number of halogens is 1. The average molecular weight is 948 g/mol. The van der Waals surface area contributed by atoms with Gasteiger partial charge in [-0.25, -0.2) is 9.48 Å². The summed E-state index contributed by atoms with van der Waals surface area (Å²) in [6.07, 6.45) is 4.91. The smallest absolute Gasteiger partial charge is 0.349 e. The van der Waals surface area contributed by atoms with Crippen molar-refractivity contribution in [2.75, 3.05) is 26.2 Å². The average Bonchev–Trinajstić information content (AvgIpc) is 4.06. The molecule has 1 fully saturated rings. The first kappa shape index (κ1) is 43.9. The molecule has 12 nitrogen and oxygen atoms in total. The van der Waals surface area contributed by atoms with Crippen molar-refractivity contribution in [3.8, 4) is 5.75 Å². The molecule has 324 valence electrons. The van der Waals surface area contributed by atoms with Gasteiger partial charge in [0.1, 0.15) is 17.4 Å². The number of nitrogens with one attached hydrogen (secondary N) is 2. The number of likely N-dealkylation sites (tertiary alicyclic amines) is 1. The number of aliphatic hydroxyl groups is 1. The Morgan fingerprint density at radius 3 is 2.57 bits per heavy atom. The van der Waals surface area contributed by atoms with E-state index in [1.54, 1.807) is 24.3 Å². The highest BCUT2D eigenvalue weighted by molar-refractivity contribution is 9.11. The van der Waals surface area contributed by atoms with E-state index < -0.39 is 19.9 Å². The summed E-state index contributed by atoms with van der Waals surface area (Å²) in [5.74, 6) is -0.578. The van der Waals surface area contributed by atoms with E-state index in [4.69, 9.17) is 9.16 Å². The molecule has 8 rings (SSSR count). The minimum Gasteiger partial charge on any atom is -0.506 e. The van der Waals surface area contributed by atoms with Crippen LogP contribution < -0.4 is 10.9 Å². The molecule has 2 atom stereocenters. The van der Waals surface area contributed by atoms with Crippen molar-refractivity contribution in [1.29, 1.82) is 0 Å². The number of aromatic hydroxyl groups is 1. The number of esters is 1. The third-order valence-electron chi connectivity index (χ3n) is 12.9. The lowest BCUT2D eigenvalue weighted by molar-refractivity contribution is -0.169. The fourth-order valence-electron chi connectivity index (χ4n) is 8.53. The second kappa shape index (κ2) is 17.8. The molecule has 16 heteroatoms.